The fraction of sp³-hybridized carbons (Fsp3) is 0.235. The average Bonchev–Trinajstić information content (AvgIpc) is 2.99. The first kappa shape index (κ1) is 15.4. The molecule has 0 fully saturated rings. The molecule has 1 heterocycles. The maximum Gasteiger partial charge on any atom is 0.416 e. The van der Waals surface area contributed by atoms with Crippen LogP contribution in [0.4, 0.5) is 13.2 Å². The van der Waals surface area contributed by atoms with Gasteiger partial charge in [-0.1, -0.05) is 18.2 Å². The molecular formula is C17H13F3O3. The third-order valence-corrected chi connectivity index (χ3v) is 3.59. The number of hydrogen-bond donors (Lipinski definition) is 0. The van der Waals surface area contributed by atoms with E-state index in [1.807, 2.05) is 0 Å². The molecule has 120 valence electrons. The van der Waals surface area contributed by atoms with Crippen LogP contribution in [0.5, 0.6) is 11.5 Å². The van der Waals surface area contributed by atoms with E-state index < -0.39 is 11.7 Å². The number of fused-ring (bicyclic) bond motifs is 1. The maximum atomic E-state index is 12.7. The summed E-state index contributed by atoms with van der Waals surface area (Å²) in [5.41, 5.74) is 0.237. The average molecular weight is 322 g/mol. The van der Waals surface area contributed by atoms with E-state index in [1.54, 1.807) is 24.3 Å². The van der Waals surface area contributed by atoms with Gasteiger partial charge in [-0.05, 0) is 36.2 Å². The number of Topliss-reactive ketones (excluding diaryl/α,β-unsaturated/α-hetero) is 1. The highest BCUT2D eigenvalue weighted by Gasteiger charge is 2.30. The Labute approximate surface area is 130 Å². The van der Waals surface area contributed by atoms with Gasteiger partial charge in [-0.25, -0.2) is 0 Å². The molecule has 23 heavy (non-hydrogen) atoms. The Morgan fingerprint density at radius 3 is 2.61 bits per heavy atom. The molecule has 0 N–H and O–H groups in total. The van der Waals surface area contributed by atoms with Gasteiger partial charge in [0.15, 0.2) is 17.3 Å². The predicted octanol–water partition coefficient (Wildman–Crippen LogP) is 4.25. The summed E-state index contributed by atoms with van der Waals surface area (Å²) in [5.74, 6) is 0.940. The fourth-order valence-electron chi connectivity index (χ4n) is 2.38. The Morgan fingerprint density at radius 1 is 1.04 bits per heavy atom. The van der Waals surface area contributed by atoms with Crippen molar-refractivity contribution >= 4 is 5.78 Å². The second-order valence-corrected chi connectivity index (χ2v) is 5.19. The highest BCUT2D eigenvalue weighted by atomic mass is 19.4. The normalized spacial score (nSPS) is 13.2. The Balaban J connectivity index is 1.67. The molecule has 0 spiro atoms. The molecule has 0 amide bonds. The summed E-state index contributed by atoms with van der Waals surface area (Å²) in [7, 11) is 0. The number of carbonyl (C=O) groups is 1. The number of alkyl halides is 3. The molecule has 2 aromatic carbocycles. The van der Waals surface area contributed by atoms with Gasteiger partial charge in [-0.2, -0.15) is 13.2 Å². The minimum absolute atomic E-state index is 0.122. The van der Waals surface area contributed by atoms with E-state index in [0.717, 1.165) is 12.1 Å². The van der Waals surface area contributed by atoms with Crippen molar-refractivity contribution < 1.29 is 27.4 Å². The van der Waals surface area contributed by atoms with Gasteiger partial charge in [0, 0.05) is 12.0 Å². The SMILES string of the molecule is O=C(CCc1cccc(C(F)(F)F)c1)c1ccc2c(c1)OCO2. The van der Waals surface area contributed by atoms with Crippen LogP contribution in [0.15, 0.2) is 42.5 Å². The van der Waals surface area contributed by atoms with E-state index >= 15 is 0 Å². The van der Waals surface area contributed by atoms with Crippen LogP contribution in [0, 0.1) is 0 Å². The van der Waals surface area contributed by atoms with E-state index in [-0.39, 0.29) is 25.4 Å². The van der Waals surface area contributed by atoms with E-state index in [4.69, 9.17) is 9.47 Å². The first-order valence-corrected chi connectivity index (χ1v) is 7.02. The lowest BCUT2D eigenvalue weighted by atomic mass is 10.0. The molecule has 0 aromatic heterocycles. The quantitative estimate of drug-likeness (QED) is 0.790. The molecule has 0 saturated carbocycles. The van der Waals surface area contributed by atoms with E-state index in [1.165, 1.54) is 6.07 Å². The zero-order chi connectivity index (χ0) is 16.4. The zero-order valence-corrected chi connectivity index (χ0v) is 12.0. The summed E-state index contributed by atoms with van der Waals surface area (Å²) >= 11 is 0. The van der Waals surface area contributed by atoms with Crippen LogP contribution in [-0.2, 0) is 12.6 Å². The lowest BCUT2D eigenvalue weighted by molar-refractivity contribution is -0.137. The number of halogens is 3. The van der Waals surface area contributed by atoms with Gasteiger partial charge in [-0.15, -0.1) is 0 Å². The maximum absolute atomic E-state index is 12.7. The third kappa shape index (κ3) is 3.47. The highest BCUT2D eigenvalue weighted by Crippen LogP contribution is 2.33. The molecule has 0 aliphatic carbocycles. The Kier molecular flexibility index (Phi) is 3.98. The minimum Gasteiger partial charge on any atom is -0.454 e. The number of hydrogen-bond acceptors (Lipinski definition) is 3. The van der Waals surface area contributed by atoms with Crippen LogP contribution in [0.3, 0.4) is 0 Å². The van der Waals surface area contributed by atoms with E-state index in [2.05, 4.69) is 0 Å². The van der Waals surface area contributed by atoms with Gasteiger partial charge < -0.3 is 9.47 Å². The second-order valence-electron chi connectivity index (χ2n) is 5.19. The summed E-state index contributed by atoms with van der Waals surface area (Å²) in [6.07, 6.45) is -4.00. The second kappa shape index (κ2) is 5.95. The summed E-state index contributed by atoms with van der Waals surface area (Å²) in [5, 5.41) is 0. The summed E-state index contributed by atoms with van der Waals surface area (Å²) in [4.78, 5) is 12.2. The van der Waals surface area contributed by atoms with Crippen molar-refractivity contribution in [1.82, 2.24) is 0 Å². The lowest BCUT2D eigenvalue weighted by Gasteiger charge is -2.08. The van der Waals surface area contributed by atoms with Gasteiger partial charge in [0.25, 0.3) is 0 Å². The number of ether oxygens (including phenoxy) is 2. The first-order valence-electron chi connectivity index (χ1n) is 7.02. The molecule has 0 saturated heterocycles. The minimum atomic E-state index is -4.38. The summed E-state index contributed by atoms with van der Waals surface area (Å²) in [6, 6.07) is 9.90. The Hall–Kier alpha value is -2.50. The van der Waals surface area contributed by atoms with Crippen LogP contribution in [-0.4, -0.2) is 12.6 Å². The van der Waals surface area contributed by atoms with Crippen LogP contribution in [0.25, 0.3) is 0 Å². The molecule has 1 aliphatic rings. The molecule has 1 aliphatic heterocycles. The molecular weight excluding hydrogens is 309 g/mol. The van der Waals surface area contributed by atoms with Gasteiger partial charge >= 0.3 is 6.18 Å². The topological polar surface area (TPSA) is 35.5 Å². The van der Waals surface area contributed by atoms with Crippen molar-refractivity contribution in [3.63, 3.8) is 0 Å². The lowest BCUT2D eigenvalue weighted by Crippen LogP contribution is -2.06. The number of rotatable bonds is 4. The van der Waals surface area contributed by atoms with E-state index in [0.29, 0.717) is 22.6 Å². The monoisotopic (exact) mass is 322 g/mol. The fourth-order valence-corrected chi connectivity index (χ4v) is 2.38. The first-order chi connectivity index (χ1) is 10.9. The van der Waals surface area contributed by atoms with Gasteiger partial charge in [0.1, 0.15) is 0 Å². The van der Waals surface area contributed by atoms with Gasteiger partial charge in [-0.3, -0.25) is 4.79 Å². The Bertz CT molecular complexity index is 738. The number of aryl methyl sites for hydroxylation is 1. The zero-order valence-electron chi connectivity index (χ0n) is 12.0. The number of benzene rings is 2. The van der Waals surface area contributed by atoms with Gasteiger partial charge in [0.05, 0.1) is 5.56 Å². The van der Waals surface area contributed by atoms with Gasteiger partial charge in [0.2, 0.25) is 6.79 Å². The van der Waals surface area contributed by atoms with Crippen molar-refractivity contribution in [2.75, 3.05) is 6.79 Å². The van der Waals surface area contributed by atoms with Crippen molar-refractivity contribution in [2.45, 2.75) is 19.0 Å². The summed E-state index contributed by atoms with van der Waals surface area (Å²) < 4.78 is 48.4. The molecule has 0 unspecified atom stereocenters. The standard InChI is InChI=1S/C17H13F3O3/c18-17(19,20)13-3-1-2-11(8-13)4-6-14(21)12-5-7-15-16(9-12)23-10-22-15/h1-3,5,7-9H,4,6,10H2. The molecule has 3 rings (SSSR count). The van der Waals surface area contributed by atoms with Crippen LogP contribution < -0.4 is 9.47 Å². The summed E-state index contributed by atoms with van der Waals surface area (Å²) in [6.45, 7) is 0.122. The van der Waals surface area contributed by atoms with Crippen molar-refractivity contribution in [1.29, 1.82) is 0 Å². The molecule has 6 heteroatoms. The number of carbonyl (C=O) groups excluding carboxylic acids is 1. The molecule has 0 atom stereocenters. The van der Waals surface area contributed by atoms with Crippen LogP contribution in [0.2, 0.25) is 0 Å². The smallest absolute Gasteiger partial charge is 0.416 e. The van der Waals surface area contributed by atoms with Crippen molar-refractivity contribution in [2.24, 2.45) is 0 Å². The third-order valence-electron chi connectivity index (χ3n) is 3.59. The molecule has 0 radical (unpaired) electrons. The van der Waals surface area contributed by atoms with E-state index in [9.17, 15) is 18.0 Å². The Morgan fingerprint density at radius 2 is 1.83 bits per heavy atom. The van der Waals surface area contributed by atoms with Crippen LogP contribution in [0.1, 0.15) is 27.9 Å². The molecule has 2 aromatic rings. The predicted molar refractivity (Wildman–Crippen MR) is 76.7 cm³/mol. The van der Waals surface area contributed by atoms with Crippen molar-refractivity contribution in [3.05, 3.63) is 59.2 Å². The highest BCUT2D eigenvalue weighted by molar-refractivity contribution is 5.96. The largest absolute Gasteiger partial charge is 0.454 e. The van der Waals surface area contributed by atoms with Crippen molar-refractivity contribution in [3.8, 4) is 11.5 Å². The molecule has 0 bridgehead atoms. The number of ketones is 1. The van der Waals surface area contributed by atoms with Crippen LogP contribution >= 0.6 is 0 Å². The molecule has 3 nitrogen and oxygen atoms in total.